The van der Waals surface area contributed by atoms with Crippen LogP contribution < -0.4 is 4.74 Å². The molecule has 0 saturated carbocycles. The minimum Gasteiger partial charge on any atom is -0.503 e. The van der Waals surface area contributed by atoms with Crippen LogP contribution in [0, 0.1) is 5.92 Å². The van der Waals surface area contributed by atoms with Crippen LogP contribution in [0.4, 0.5) is 0 Å². The van der Waals surface area contributed by atoms with Crippen LogP contribution in [-0.2, 0) is 9.59 Å². The van der Waals surface area contributed by atoms with Gasteiger partial charge >= 0.3 is 0 Å². The summed E-state index contributed by atoms with van der Waals surface area (Å²) in [6.07, 6.45) is 4.20. The number of hydrogen-bond donors (Lipinski definition) is 1. The predicted molar refractivity (Wildman–Crippen MR) is 106 cm³/mol. The van der Waals surface area contributed by atoms with Gasteiger partial charge in [0.05, 0.1) is 18.2 Å². The van der Waals surface area contributed by atoms with Crippen molar-refractivity contribution in [2.45, 2.75) is 59.4 Å². The van der Waals surface area contributed by atoms with E-state index in [0.29, 0.717) is 19.1 Å². The Morgan fingerprint density at radius 2 is 1.89 bits per heavy atom. The number of aliphatic hydroxyl groups is 1. The molecule has 1 aromatic carbocycles. The standard InChI is InChI=1S/C22H31NO4/c1-5-8-9-16(6-2)14-23-20(19(15(4)24)21(25)22(23)26)17-10-12-18(13-11-17)27-7-3/h10-13,16,20,25H,5-9,14H2,1-4H3/t16-,20-/m0/s1. The van der Waals surface area contributed by atoms with Gasteiger partial charge < -0.3 is 14.7 Å². The molecule has 1 aromatic rings. The maximum Gasteiger partial charge on any atom is 0.290 e. The summed E-state index contributed by atoms with van der Waals surface area (Å²) in [6, 6.07) is 6.86. The van der Waals surface area contributed by atoms with E-state index >= 15 is 0 Å². The average molecular weight is 373 g/mol. The number of rotatable bonds is 10. The number of unbranched alkanes of at least 4 members (excludes halogenated alkanes) is 1. The molecule has 0 fully saturated rings. The van der Waals surface area contributed by atoms with Gasteiger partial charge in [-0.15, -0.1) is 0 Å². The lowest BCUT2D eigenvalue weighted by molar-refractivity contribution is -0.130. The third-order valence-electron chi connectivity index (χ3n) is 5.19. The second kappa shape index (κ2) is 9.58. The number of carbonyl (C=O) groups is 2. The van der Waals surface area contributed by atoms with E-state index in [0.717, 1.165) is 37.0 Å². The molecule has 5 heteroatoms. The Morgan fingerprint density at radius 1 is 1.22 bits per heavy atom. The highest BCUT2D eigenvalue weighted by Crippen LogP contribution is 2.39. The molecule has 0 bridgehead atoms. The molecule has 148 valence electrons. The maximum absolute atomic E-state index is 12.7. The molecule has 0 aromatic heterocycles. The number of nitrogens with zero attached hydrogens (tertiary/aromatic N) is 1. The van der Waals surface area contributed by atoms with Crippen molar-refractivity contribution in [1.82, 2.24) is 4.90 Å². The normalized spacial score (nSPS) is 18.1. The molecule has 1 heterocycles. The van der Waals surface area contributed by atoms with E-state index < -0.39 is 17.7 Å². The largest absolute Gasteiger partial charge is 0.503 e. The van der Waals surface area contributed by atoms with Crippen molar-refractivity contribution in [2.75, 3.05) is 13.2 Å². The van der Waals surface area contributed by atoms with E-state index in [9.17, 15) is 14.7 Å². The number of benzene rings is 1. The Hall–Kier alpha value is -2.30. The summed E-state index contributed by atoms with van der Waals surface area (Å²) in [6.45, 7) is 8.69. The molecule has 1 amide bonds. The van der Waals surface area contributed by atoms with E-state index in [1.807, 2.05) is 31.2 Å². The molecule has 27 heavy (non-hydrogen) atoms. The van der Waals surface area contributed by atoms with Gasteiger partial charge in [-0.3, -0.25) is 9.59 Å². The minimum atomic E-state index is -0.540. The average Bonchev–Trinajstić information content (AvgIpc) is 2.90. The zero-order valence-electron chi connectivity index (χ0n) is 16.8. The third kappa shape index (κ3) is 4.71. The fourth-order valence-electron chi connectivity index (χ4n) is 3.66. The van der Waals surface area contributed by atoms with E-state index in [1.165, 1.54) is 6.92 Å². The van der Waals surface area contributed by atoms with Crippen molar-refractivity contribution < 1.29 is 19.4 Å². The molecule has 5 nitrogen and oxygen atoms in total. The predicted octanol–water partition coefficient (Wildman–Crippen LogP) is 4.59. The van der Waals surface area contributed by atoms with Crippen LogP contribution in [0.3, 0.4) is 0 Å². The first-order valence-corrected chi connectivity index (χ1v) is 9.92. The maximum atomic E-state index is 12.7. The SMILES string of the molecule is CCCC[C@H](CC)CN1C(=O)C(O)=C(C(C)=O)[C@@H]1c1ccc(OCC)cc1. The molecule has 0 radical (unpaired) electrons. The molecule has 0 unspecified atom stereocenters. The first-order chi connectivity index (χ1) is 12.9. The van der Waals surface area contributed by atoms with Gasteiger partial charge in [-0.1, -0.05) is 45.2 Å². The van der Waals surface area contributed by atoms with Crippen molar-refractivity contribution >= 4 is 11.7 Å². The molecular weight excluding hydrogens is 342 g/mol. The first kappa shape index (κ1) is 21.0. The van der Waals surface area contributed by atoms with E-state index in [-0.39, 0.29) is 11.4 Å². The number of carbonyl (C=O) groups excluding carboxylic acids is 2. The van der Waals surface area contributed by atoms with Gasteiger partial charge in [0.25, 0.3) is 5.91 Å². The van der Waals surface area contributed by atoms with Crippen molar-refractivity contribution in [3.63, 3.8) is 0 Å². The molecule has 2 rings (SSSR count). The molecule has 1 aliphatic rings. The first-order valence-electron chi connectivity index (χ1n) is 9.92. The quantitative estimate of drug-likeness (QED) is 0.651. The summed E-state index contributed by atoms with van der Waals surface area (Å²) in [5.74, 6) is -0.0492. The highest BCUT2D eigenvalue weighted by molar-refractivity contribution is 6.08. The van der Waals surface area contributed by atoms with Crippen LogP contribution in [0.1, 0.15) is 65.0 Å². The molecule has 0 spiro atoms. The van der Waals surface area contributed by atoms with Crippen molar-refractivity contribution in [3.8, 4) is 5.75 Å². The number of ketones is 1. The van der Waals surface area contributed by atoms with E-state index in [4.69, 9.17) is 4.74 Å². The molecule has 1 aliphatic heterocycles. The van der Waals surface area contributed by atoms with Gasteiger partial charge in [-0.25, -0.2) is 0 Å². The summed E-state index contributed by atoms with van der Waals surface area (Å²) in [4.78, 5) is 26.6. The van der Waals surface area contributed by atoms with Gasteiger partial charge in [-0.2, -0.15) is 0 Å². The number of ether oxygens (including phenoxy) is 1. The van der Waals surface area contributed by atoms with Crippen molar-refractivity contribution in [2.24, 2.45) is 5.92 Å². The third-order valence-corrected chi connectivity index (χ3v) is 5.19. The summed E-state index contributed by atoms with van der Waals surface area (Å²) in [5.41, 5.74) is 1.00. The second-order valence-electron chi connectivity index (χ2n) is 7.10. The fraction of sp³-hybridized carbons (Fsp3) is 0.545. The Labute approximate surface area is 162 Å². The zero-order valence-corrected chi connectivity index (χ0v) is 16.8. The Kier molecular flexibility index (Phi) is 7.45. The number of amides is 1. The summed E-state index contributed by atoms with van der Waals surface area (Å²) >= 11 is 0. The molecule has 1 N–H and O–H groups in total. The summed E-state index contributed by atoms with van der Waals surface area (Å²) < 4.78 is 5.48. The van der Waals surface area contributed by atoms with Gasteiger partial charge in [0.1, 0.15) is 5.75 Å². The lowest BCUT2D eigenvalue weighted by Crippen LogP contribution is -2.35. The Balaban J connectivity index is 2.36. The zero-order chi connectivity index (χ0) is 20.0. The fourth-order valence-corrected chi connectivity index (χ4v) is 3.66. The van der Waals surface area contributed by atoms with Crippen LogP contribution >= 0.6 is 0 Å². The number of Topliss-reactive ketones (excluding diaryl/α,β-unsaturated/α-hetero) is 1. The van der Waals surface area contributed by atoms with Gasteiger partial charge in [-0.05, 0) is 43.9 Å². The Bertz CT molecular complexity index is 693. The summed E-state index contributed by atoms with van der Waals surface area (Å²) in [5, 5.41) is 10.4. The van der Waals surface area contributed by atoms with Crippen LogP contribution in [0.5, 0.6) is 5.75 Å². The van der Waals surface area contributed by atoms with Crippen LogP contribution in [-0.4, -0.2) is 34.8 Å². The highest BCUT2D eigenvalue weighted by atomic mass is 16.5. The highest BCUT2D eigenvalue weighted by Gasteiger charge is 2.42. The monoisotopic (exact) mass is 373 g/mol. The lowest BCUT2D eigenvalue weighted by atomic mass is 9.94. The topological polar surface area (TPSA) is 66.8 Å². The smallest absolute Gasteiger partial charge is 0.290 e. The van der Waals surface area contributed by atoms with Crippen molar-refractivity contribution in [1.29, 1.82) is 0 Å². The van der Waals surface area contributed by atoms with Gasteiger partial charge in [0.2, 0.25) is 0 Å². The Morgan fingerprint density at radius 3 is 2.41 bits per heavy atom. The summed E-state index contributed by atoms with van der Waals surface area (Å²) in [7, 11) is 0. The van der Waals surface area contributed by atoms with Crippen LogP contribution in [0.2, 0.25) is 0 Å². The number of aliphatic hydroxyl groups excluding tert-OH is 1. The van der Waals surface area contributed by atoms with Crippen LogP contribution in [0.25, 0.3) is 0 Å². The molecular formula is C22H31NO4. The molecule has 0 saturated heterocycles. The van der Waals surface area contributed by atoms with Gasteiger partial charge in [0.15, 0.2) is 11.5 Å². The molecule has 2 atom stereocenters. The van der Waals surface area contributed by atoms with Crippen LogP contribution in [0.15, 0.2) is 35.6 Å². The number of hydrogen-bond acceptors (Lipinski definition) is 4. The second-order valence-corrected chi connectivity index (χ2v) is 7.10. The van der Waals surface area contributed by atoms with E-state index in [2.05, 4.69) is 13.8 Å². The minimum absolute atomic E-state index is 0.189. The lowest BCUT2D eigenvalue weighted by Gasteiger charge is -2.30. The molecule has 0 aliphatic carbocycles. The van der Waals surface area contributed by atoms with Crippen molar-refractivity contribution in [3.05, 3.63) is 41.2 Å². The van der Waals surface area contributed by atoms with Gasteiger partial charge in [0, 0.05) is 6.54 Å². The van der Waals surface area contributed by atoms with E-state index in [1.54, 1.807) is 4.90 Å².